The summed E-state index contributed by atoms with van der Waals surface area (Å²) in [5.41, 5.74) is 0.646. The van der Waals surface area contributed by atoms with Gasteiger partial charge in [-0.1, -0.05) is 12.1 Å². The van der Waals surface area contributed by atoms with E-state index in [1.54, 1.807) is 0 Å². The van der Waals surface area contributed by atoms with Crippen LogP contribution in [0.1, 0.15) is 18.9 Å². The van der Waals surface area contributed by atoms with Crippen molar-refractivity contribution in [1.82, 2.24) is 0 Å². The molecule has 2 aromatic rings. The number of rotatable bonds is 7. The number of hydrogen-bond donors (Lipinski definition) is 3. The maximum atomic E-state index is 13.6. The smallest absolute Gasteiger partial charge is 0.303 e. The highest BCUT2D eigenvalue weighted by Crippen LogP contribution is 2.22. The zero-order valence-corrected chi connectivity index (χ0v) is 14.6. The summed E-state index contributed by atoms with van der Waals surface area (Å²) in [6.07, 6.45) is 0.243. The van der Waals surface area contributed by atoms with Gasteiger partial charge in [-0.15, -0.1) is 0 Å². The molecular formula is C17H17FN2O5S. The number of nitrogens with one attached hydrogen (secondary N) is 2. The summed E-state index contributed by atoms with van der Waals surface area (Å²) >= 11 is 0. The summed E-state index contributed by atoms with van der Waals surface area (Å²) in [4.78, 5) is 21.6. The Labute approximate surface area is 149 Å². The lowest BCUT2D eigenvalue weighted by Gasteiger charge is -2.11. The minimum absolute atomic E-state index is 0.0259. The largest absolute Gasteiger partial charge is 0.481 e. The van der Waals surface area contributed by atoms with Gasteiger partial charge in [-0.05, 0) is 42.3 Å². The average molecular weight is 380 g/mol. The molecule has 138 valence electrons. The van der Waals surface area contributed by atoms with E-state index >= 15 is 0 Å². The van der Waals surface area contributed by atoms with Gasteiger partial charge < -0.3 is 10.4 Å². The van der Waals surface area contributed by atoms with Crippen LogP contribution in [-0.2, 0) is 26.0 Å². The normalized spacial score (nSPS) is 11.0. The van der Waals surface area contributed by atoms with Crippen LogP contribution >= 0.6 is 0 Å². The number of hydrogen-bond acceptors (Lipinski definition) is 4. The Hall–Kier alpha value is -2.94. The predicted octanol–water partition coefficient (Wildman–Crippen LogP) is 2.60. The van der Waals surface area contributed by atoms with Crippen molar-refractivity contribution < 1.29 is 27.5 Å². The summed E-state index contributed by atoms with van der Waals surface area (Å²) in [7, 11) is -3.92. The number of aryl methyl sites for hydroxylation is 1. The molecule has 26 heavy (non-hydrogen) atoms. The van der Waals surface area contributed by atoms with Crippen LogP contribution < -0.4 is 10.0 Å². The van der Waals surface area contributed by atoms with Gasteiger partial charge in [0.1, 0.15) is 5.82 Å². The van der Waals surface area contributed by atoms with Crippen molar-refractivity contribution in [3.63, 3.8) is 0 Å². The van der Waals surface area contributed by atoms with Crippen molar-refractivity contribution in [1.29, 1.82) is 0 Å². The minimum atomic E-state index is -3.92. The fourth-order valence-electron chi connectivity index (χ4n) is 2.17. The molecule has 3 N–H and O–H groups in total. The molecule has 0 unspecified atom stereocenters. The highest BCUT2D eigenvalue weighted by Gasteiger charge is 2.15. The number of amides is 1. The van der Waals surface area contributed by atoms with Gasteiger partial charge in [0.15, 0.2) is 0 Å². The fraction of sp³-hybridized carbons (Fsp3) is 0.176. The van der Waals surface area contributed by atoms with Gasteiger partial charge in [0.05, 0.1) is 16.3 Å². The molecule has 9 heteroatoms. The Morgan fingerprint density at radius 1 is 1.12 bits per heavy atom. The first-order valence-electron chi connectivity index (χ1n) is 7.58. The number of aliphatic carboxylic acids is 1. The Bertz CT molecular complexity index is 927. The van der Waals surface area contributed by atoms with Crippen LogP contribution in [0, 0.1) is 5.82 Å². The van der Waals surface area contributed by atoms with Crippen LogP contribution in [-0.4, -0.2) is 25.4 Å². The third kappa shape index (κ3) is 5.28. The Balaban J connectivity index is 2.18. The topological polar surface area (TPSA) is 113 Å². The van der Waals surface area contributed by atoms with E-state index in [0.717, 1.165) is 6.07 Å². The number of carboxylic acid groups (broad SMARTS) is 1. The second kappa shape index (κ2) is 7.96. The first kappa shape index (κ1) is 19.4. The van der Waals surface area contributed by atoms with E-state index in [1.165, 1.54) is 43.3 Å². The molecule has 0 radical (unpaired) electrons. The van der Waals surface area contributed by atoms with Crippen molar-refractivity contribution in [3.05, 3.63) is 53.8 Å². The number of carbonyl (C=O) groups excluding carboxylic acids is 1. The van der Waals surface area contributed by atoms with Crippen molar-refractivity contribution in [3.8, 4) is 0 Å². The second-order valence-electron chi connectivity index (χ2n) is 5.52. The molecule has 0 saturated carbocycles. The second-order valence-corrected chi connectivity index (χ2v) is 7.20. The number of carboxylic acids is 1. The Morgan fingerprint density at radius 2 is 1.77 bits per heavy atom. The monoisotopic (exact) mass is 380 g/mol. The molecule has 0 aliphatic carbocycles. The highest BCUT2D eigenvalue weighted by atomic mass is 32.2. The molecule has 0 spiro atoms. The highest BCUT2D eigenvalue weighted by molar-refractivity contribution is 7.92. The molecule has 0 aliphatic rings. The van der Waals surface area contributed by atoms with Crippen molar-refractivity contribution in [2.24, 2.45) is 0 Å². The first-order valence-corrected chi connectivity index (χ1v) is 9.06. The molecular weight excluding hydrogens is 363 g/mol. The molecule has 0 aromatic heterocycles. The van der Waals surface area contributed by atoms with Crippen LogP contribution in [0.4, 0.5) is 15.8 Å². The number of halogens is 1. The molecule has 0 atom stereocenters. The standard InChI is InChI=1S/C17H17FN2O5S/c1-11(21)19-16-10-13(5-8-15(16)18)20-26(24,25)14-6-2-12(3-7-14)4-9-17(22)23/h2-3,5-8,10,20H,4,9H2,1H3,(H,19,21)(H,22,23). The molecule has 0 fully saturated rings. The SMILES string of the molecule is CC(=O)Nc1cc(NS(=O)(=O)c2ccc(CCC(=O)O)cc2)ccc1F. The van der Waals surface area contributed by atoms with Gasteiger partial charge in [0, 0.05) is 13.3 Å². The molecule has 0 aliphatic heterocycles. The van der Waals surface area contributed by atoms with E-state index in [1.807, 2.05) is 0 Å². The maximum Gasteiger partial charge on any atom is 0.303 e. The Morgan fingerprint density at radius 3 is 2.35 bits per heavy atom. The van der Waals surface area contributed by atoms with Crippen LogP contribution in [0.5, 0.6) is 0 Å². The van der Waals surface area contributed by atoms with E-state index in [4.69, 9.17) is 5.11 Å². The van der Waals surface area contributed by atoms with Gasteiger partial charge in [-0.3, -0.25) is 14.3 Å². The summed E-state index contributed by atoms with van der Waals surface area (Å²) in [5, 5.41) is 10.9. The number of benzene rings is 2. The molecule has 0 bridgehead atoms. The van der Waals surface area contributed by atoms with Gasteiger partial charge in [0.25, 0.3) is 10.0 Å². The number of sulfonamides is 1. The predicted molar refractivity (Wildman–Crippen MR) is 93.9 cm³/mol. The minimum Gasteiger partial charge on any atom is -0.481 e. The third-order valence-corrected chi connectivity index (χ3v) is 4.79. The number of anilines is 2. The lowest BCUT2D eigenvalue weighted by Crippen LogP contribution is -2.14. The van der Waals surface area contributed by atoms with Crippen LogP contribution in [0.25, 0.3) is 0 Å². The van der Waals surface area contributed by atoms with Gasteiger partial charge in [0.2, 0.25) is 5.91 Å². The maximum absolute atomic E-state index is 13.6. The van der Waals surface area contributed by atoms with Crippen LogP contribution in [0.3, 0.4) is 0 Å². The van der Waals surface area contributed by atoms with Crippen molar-refractivity contribution >= 4 is 33.3 Å². The molecule has 2 rings (SSSR count). The molecule has 7 nitrogen and oxygen atoms in total. The summed E-state index contributed by atoms with van der Waals surface area (Å²) in [6, 6.07) is 9.23. The quantitative estimate of drug-likeness (QED) is 0.683. The molecule has 1 amide bonds. The zero-order chi connectivity index (χ0) is 19.3. The van der Waals surface area contributed by atoms with Gasteiger partial charge in [-0.25, -0.2) is 12.8 Å². The Kier molecular flexibility index (Phi) is 5.93. The first-order chi connectivity index (χ1) is 12.2. The average Bonchev–Trinajstić information content (AvgIpc) is 2.55. The zero-order valence-electron chi connectivity index (χ0n) is 13.8. The summed E-state index contributed by atoms with van der Waals surface area (Å²) in [6.45, 7) is 1.21. The summed E-state index contributed by atoms with van der Waals surface area (Å²) in [5.74, 6) is -2.11. The van der Waals surface area contributed by atoms with E-state index in [0.29, 0.717) is 12.0 Å². The van der Waals surface area contributed by atoms with E-state index in [9.17, 15) is 22.4 Å². The lowest BCUT2D eigenvalue weighted by atomic mass is 10.1. The molecule has 2 aromatic carbocycles. The van der Waals surface area contributed by atoms with Crippen LogP contribution in [0.15, 0.2) is 47.4 Å². The van der Waals surface area contributed by atoms with E-state index < -0.39 is 27.7 Å². The third-order valence-electron chi connectivity index (χ3n) is 3.39. The van der Waals surface area contributed by atoms with Gasteiger partial charge >= 0.3 is 5.97 Å². The van der Waals surface area contributed by atoms with Crippen molar-refractivity contribution in [2.45, 2.75) is 24.7 Å². The molecule has 0 heterocycles. The van der Waals surface area contributed by atoms with E-state index in [2.05, 4.69) is 10.0 Å². The lowest BCUT2D eigenvalue weighted by molar-refractivity contribution is -0.137. The molecule has 0 saturated heterocycles. The fourth-order valence-corrected chi connectivity index (χ4v) is 3.22. The summed E-state index contributed by atoms with van der Waals surface area (Å²) < 4.78 is 40.8. The van der Waals surface area contributed by atoms with Crippen LogP contribution in [0.2, 0.25) is 0 Å². The number of carbonyl (C=O) groups is 2. The van der Waals surface area contributed by atoms with Crippen molar-refractivity contribution in [2.75, 3.05) is 10.0 Å². The van der Waals surface area contributed by atoms with E-state index in [-0.39, 0.29) is 22.7 Å². The van der Waals surface area contributed by atoms with Gasteiger partial charge in [-0.2, -0.15) is 0 Å².